The molecule has 1 aliphatic heterocycles. The highest BCUT2D eigenvalue weighted by Gasteiger charge is 2.34. The minimum absolute atomic E-state index is 0.0233. The highest BCUT2D eigenvalue weighted by Crippen LogP contribution is 2.26. The zero-order valence-electron chi connectivity index (χ0n) is 15.0. The lowest BCUT2D eigenvalue weighted by atomic mass is 10.0. The lowest BCUT2D eigenvalue weighted by Gasteiger charge is -2.28. The summed E-state index contributed by atoms with van der Waals surface area (Å²) in [6, 6.07) is 3.85. The number of carbonyl (C=O) groups excluding carboxylic acids is 1. The van der Waals surface area contributed by atoms with Gasteiger partial charge in [-0.05, 0) is 49.9 Å². The Hall–Kier alpha value is -1.82. The molecule has 1 aliphatic rings. The smallest absolute Gasteiger partial charge is 0.227 e. The molecule has 5 nitrogen and oxygen atoms in total. The number of hydrogen-bond acceptors (Lipinski definition) is 4. The summed E-state index contributed by atoms with van der Waals surface area (Å²) in [6.45, 7) is 6.67. The van der Waals surface area contributed by atoms with Crippen LogP contribution < -0.4 is 0 Å². The van der Waals surface area contributed by atoms with Gasteiger partial charge in [0, 0.05) is 23.5 Å². The Morgan fingerprint density at radius 1 is 1.28 bits per heavy atom. The van der Waals surface area contributed by atoms with Crippen LogP contribution >= 0.6 is 0 Å². The Morgan fingerprint density at radius 2 is 2.00 bits per heavy atom. The molecule has 1 atom stereocenters. The molecular formula is C19H25NO4S. The van der Waals surface area contributed by atoms with E-state index in [0.29, 0.717) is 13.0 Å². The molecule has 0 aliphatic carbocycles. The highest BCUT2D eigenvalue weighted by molar-refractivity contribution is 7.91. The van der Waals surface area contributed by atoms with Crippen LogP contribution in [0.2, 0.25) is 0 Å². The summed E-state index contributed by atoms with van der Waals surface area (Å²) < 4.78 is 29.2. The molecule has 2 heterocycles. The maximum Gasteiger partial charge on any atom is 0.227 e. The van der Waals surface area contributed by atoms with Crippen molar-refractivity contribution in [3.05, 3.63) is 35.1 Å². The molecule has 0 unspecified atom stereocenters. The van der Waals surface area contributed by atoms with Crippen molar-refractivity contribution < 1.29 is 17.6 Å². The van der Waals surface area contributed by atoms with E-state index in [9.17, 15) is 13.2 Å². The van der Waals surface area contributed by atoms with Crippen LogP contribution in [0, 0.1) is 13.8 Å². The number of aryl methyl sites for hydroxylation is 2. The lowest BCUT2D eigenvalue weighted by molar-refractivity contribution is -0.132. The Balaban J connectivity index is 1.83. The zero-order valence-corrected chi connectivity index (χ0v) is 15.9. The quantitative estimate of drug-likeness (QED) is 0.819. The van der Waals surface area contributed by atoms with Crippen molar-refractivity contribution in [1.29, 1.82) is 0 Å². The molecule has 0 spiro atoms. The predicted molar refractivity (Wildman–Crippen MR) is 98.5 cm³/mol. The van der Waals surface area contributed by atoms with Gasteiger partial charge >= 0.3 is 0 Å². The summed E-state index contributed by atoms with van der Waals surface area (Å²) in [6.07, 6.45) is 3.24. The number of benzene rings is 1. The largest absolute Gasteiger partial charge is 0.464 e. The van der Waals surface area contributed by atoms with Crippen molar-refractivity contribution in [2.75, 3.05) is 18.1 Å². The average Bonchev–Trinajstić information content (AvgIpc) is 3.09. The number of nitrogens with zero attached hydrogens (tertiary/aromatic N) is 1. The predicted octanol–water partition coefficient (Wildman–Crippen LogP) is 3.02. The van der Waals surface area contributed by atoms with Gasteiger partial charge in [0.2, 0.25) is 5.91 Å². The summed E-state index contributed by atoms with van der Waals surface area (Å²) in [4.78, 5) is 14.6. The van der Waals surface area contributed by atoms with Gasteiger partial charge in [0.1, 0.15) is 5.58 Å². The number of furan rings is 1. The molecular weight excluding hydrogens is 338 g/mol. The number of rotatable bonds is 5. The Kier molecular flexibility index (Phi) is 4.91. The van der Waals surface area contributed by atoms with Gasteiger partial charge in [-0.3, -0.25) is 4.79 Å². The van der Waals surface area contributed by atoms with E-state index in [0.717, 1.165) is 34.1 Å². The van der Waals surface area contributed by atoms with Gasteiger partial charge in [-0.2, -0.15) is 0 Å². The summed E-state index contributed by atoms with van der Waals surface area (Å²) in [7, 11) is -3.01. The van der Waals surface area contributed by atoms with Crippen LogP contribution in [-0.2, 0) is 21.1 Å². The van der Waals surface area contributed by atoms with E-state index in [-0.39, 0.29) is 29.9 Å². The standard InChI is InChI=1S/C19H25NO4S/c1-4-6-20(16-5-7-25(22,23)12-16)19(21)10-15-11-24-18-9-14(3)13(2)8-17(15)18/h8-9,11,16H,4-7,10,12H2,1-3H3/t16-/m1/s1. The van der Waals surface area contributed by atoms with E-state index < -0.39 is 9.84 Å². The molecule has 6 heteroatoms. The first-order valence-corrected chi connectivity index (χ1v) is 10.6. The van der Waals surface area contributed by atoms with Crippen LogP contribution in [0.5, 0.6) is 0 Å². The van der Waals surface area contributed by atoms with Crippen molar-refractivity contribution in [1.82, 2.24) is 4.90 Å². The lowest BCUT2D eigenvalue weighted by Crippen LogP contribution is -2.42. The van der Waals surface area contributed by atoms with Crippen LogP contribution in [-0.4, -0.2) is 43.3 Å². The van der Waals surface area contributed by atoms with Gasteiger partial charge in [-0.25, -0.2) is 8.42 Å². The number of amides is 1. The molecule has 1 aromatic heterocycles. The summed E-state index contributed by atoms with van der Waals surface area (Å²) in [5.74, 6) is 0.242. The molecule has 1 aromatic carbocycles. The van der Waals surface area contributed by atoms with Crippen LogP contribution in [0.1, 0.15) is 36.5 Å². The third kappa shape index (κ3) is 3.73. The summed E-state index contributed by atoms with van der Waals surface area (Å²) >= 11 is 0. The molecule has 1 amide bonds. The fraction of sp³-hybridized carbons (Fsp3) is 0.526. The van der Waals surface area contributed by atoms with Crippen LogP contribution in [0.3, 0.4) is 0 Å². The van der Waals surface area contributed by atoms with Gasteiger partial charge in [0.25, 0.3) is 0 Å². The molecule has 1 fully saturated rings. The maximum absolute atomic E-state index is 12.9. The molecule has 3 rings (SSSR count). The first kappa shape index (κ1) is 18.0. The second kappa shape index (κ2) is 6.83. The number of sulfone groups is 1. The monoisotopic (exact) mass is 363 g/mol. The fourth-order valence-electron chi connectivity index (χ4n) is 3.51. The Bertz CT molecular complexity index is 898. The molecule has 0 N–H and O–H groups in total. The second-order valence-corrected chi connectivity index (χ2v) is 9.24. The number of carbonyl (C=O) groups is 1. The van der Waals surface area contributed by atoms with Crippen molar-refractivity contribution >= 4 is 26.7 Å². The first-order chi connectivity index (χ1) is 11.8. The molecule has 25 heavy (non-hydrogen) atoms. The minimum atomic E-state index is -3.01. The third-order valence-corrected chi connectivity index (χ3v) is 6.80. The molecule has 0 radical (unpaired) electrons. The highest BCUT2D eigenvalue weighted by atomic mass is 32.2. The fourth-order valence-corrected chi connectivity index (χ4v) is 5.24. The third-order valence-electron chi connectivity index (χ3n) is 5.05. The molecule has 136 valence electrons. The van der Waals surface area contributed by atoms with Gasteiger partial charge in [0.05, 0.1) is 24.2 Å². The van der Waals surface area contributed by atoms with E-state index in [2.05, 4.69) is 6.07 Å². The van der Waals surface area contributed by atoms with Crippen LogP contribution in [0.4, 0.5) is 0 Å². The van der Waals surface area contributed by atoms with Crippen molar-refractivity contribution in [2.45, 2.75) is 46.1 Å². The SMILES string of the molecule is CCCN(C(=O)Cc1coc2cc(C)c(C)cc12)[C@@H]1CCS(=O)(=O)C1. The van der Waals surface area contributed by atoms with Crippen LogP contribution in [0.15, 0.2) is 22.8 Å². The van der Waals surface area contributed by atoms with E-state index in [1.54, 1.807) is 11.2 Å². The first-order valence-electron chi connectivity index (χ1n) is 8.78. The topological polar surface area (TPSA) is 67.6 Å². The van der Waals surface area contributed by atoms with Crippen molar-refractivity contribution in [2.24, 2.45) is 0 Å². The van der Waals surface area contributed by atoms with Crippen LogP contribution in [0.25, 0.3) is 11.0 Å². The second-order valence-electron chi connectivity index (χ2n) is 7.01. The zero-order chi connectivity index (χ0) is 18.2. The van der Waals surface area contributed by atoms with Gasteiger partial charge < -0.3 is 9.32 Å². The normalized spacial score (nSPS) is 19.4. The van der Waals surface area contributed by atoms with E-state index in [1.807, 2.05) is 26.8 Å². The van der Waals surface area contributed by atoms with E-state index in [4.69, 9.17) is 4.42 Å². The molecule has 0 bridgehead atoms. The Morgan fingerprint density at radius 3 is 2.64 bits per heavy atom. The Labute approximate surface area is 148 Å². The minimum Gasteiger partial charge on any atom is -0.464 e. The number of hydrogen-bond donors (Lipinski definition) is 0. The van der Waals surface area contributed by atoms with Crippen molar-refractivity contribution in [3.8, 4) is 0 Å². The van der Waals surface area contributed by atoms with Gasteiger partial charge in [-0.15, -0.1) is 0 Å². The molecule has 1 saturated heterocycles. The summed E-state index contributed by atoms with van der Waals surface area (Å²) in [5, 5.41) is 0.965. The molecule has 2 aromatic rings. The molecule has 0 saturated carbocycles. The van der Waals surface area contributed by atoms with Gasteiger partial charge in [-0.1, -0.05) is 6.92 Å². The van der Waals surface area contributed by atoms with Gasteiger partial charge in [0.15, 0.2) is 9.84 Å². The average molecular weight is 363 g/mol. The van der Waals surface area contributed by atoms with E-state index >= 15 is 0 Å². The maximum atomic E-state index is 12.9. The van der Waals surface area contributed by atoms with E-state index in [1.165, 1.54) is 0 Å². The van der Waals surface area contributed by atoms with Crippen molar-refractivity contribution in [3.63, 3.8) is 0 Å². The summed E-state index contributed by atoms with van der Waals surface area (Å²) in [5.41, 5.74) is 3.97. The number of fused-ring (bicyclic) bond motifs is 1.